The van der Waals surface area contributed by atoms with Crippen LogP contribution in [0, 0.1) is 6.92 Å². The van der Waals surface area contributed by atoms with Gasteiger partial charge in [-0.2, -0.15) is 10.1 Å². The predicted octanol–water partition coefficient (Wildman–Crippen LogP) is 1.50. The Bertz CT molecular complexity index is 987. The van der Waals surface area contributed by atoms with E-state index in [-0.39, 0.29) is 5.56 Å². The van der Waals surface area contributed by atoms with E-state index >= 15 is 0 Å². The van der Waals surface area contributed by atoms with Gasteiger partial charge in [0, 0.05) is 32.1 Å². The molecule has 0 saturated carbocycles. The van der Waals surface area contributed by atoms with E-state index in [2.05, 4.69) is 70.2 Å². The van der Waals surface area contributed by atoms with E-state index < -0.39 is 0 Å². The van der Waals surface area contributed by atoms with Crippen LogP contribution in [0.3, 0.4) is 0 Å². The molecule has 0 aliphatic carbocycles. The van der Waals surface area contributed by atoms with E-state index in [1.807, 2.05) is 0 Å². The highest BCUT2D eigenvalue weighted by Gasteiger charge is 2.36. The van der Waals surface area contributed by atoms with Gasteiger partial charge in [-0.25, -0.2) is 0 Å². The lowest BCUT2D eigenvalue weighted by Crippen LogP contribution is -2.35. The predicted molar refractivity (Wildman–Crippen MR) is 103 cm³/mol. The Morgan fingerprint density at radius 3 is 2.62 bits per heavy atom. The van der Waals surface area contributed by atoms with Crippen molar-refractivity contribution in [2.24, 2.45) is 7.05 Å². The molecular weight excluding hydrogens is 328 g/mol. The van der Waals surface area contributed by atoms with Gasteiger partial charge in [0.2, 0.25) is 5.95 Å². The summed E-state index contributed by atoms with van der Waals surface area (Å²) in [5, 5.41) is 4.67. The number of likely N-dealkylation sites (N-methyl/N-ethyl adjacent to an activating group) is 1. The molecule has 7 heteroatoms. The molecule has 0 spiro atoms. The molecule has 1 N–H and O–H groups in total. The Kier molecular flexibility index (Phi) is 4.03. The minimum atomic E-state index is -0.140. The molecule has 4 rings (SSSR count). The summed E-state index contributed by atoms with van der Waals surface area (Å²) in [6.07, 6.45) is 1.56. The zero-order valence-corrected chi connectivity index (χ0v) is 15.6. The van der Waals surface area contributed by atoms with E-state index in [4.69, 9.17) is 0 Å². The highest BCUT2D eigenvalue weighted by atomic mass is 16.1. The largest absolute Gasteiger partial charge is 0.340 e. The number of nitrogens with zero attached hydrogens (tertiary/aromatic N) is 5. The maximum Gasteiger partial charge on any atom is 0.263 e. The minimum Gasteiger partial charge on any atom is -0.340 e. The summed E-state index contributed by atoms with van der Waals surface area (Å²) in [7, 11) is 6.02. The van der Waals surface area contributed by atoms with Crippen LogP contribution >= 0.6 is 0 Å². The summed E-state index contributed by atoms with van der Waals surface area (Å²) < 4.78 is 1.64. The number of nitrogens with one attached hydrogen (secondary N) is 1. The fraction of sp³-hybridized carbons (Fsp3) is 0.421. The quantitative estimate of drug-likeness (QED) is 0.774. The second kappa shape index (κ2) is 6.25. The maximum absolute atomic E-state index is 12.4. The fourth-order valence-corrected chi connectivity index (χ4v) is 3.79. The van der Waals surface area contributed by atoms with E-state index in [1.54, 1.807) is 17.9 Å². The third-order valence-electron chi connectivity index (χ3n) is 5.35. The number of hydrogen-bond acceptors (Lipinski definition) is 5. The van der Waals surface area contributed by atoms with Gasteiger partial charge in [0.25, 0.3) is 5.56 Å². The molecule has 2 aromatic heterocycles. The summed E-state index contributed by atoms with van der Waals surface area (Å²) >= 11 is 0. The summed E-state index contributed by atoms with van der Waals surface area (Å²) in [4.78, 5) is 24.4. The van der Waals surface area contributed by atoms with Crippen molar-refractivity contribution in [2.75, 3.05) is 32.1 Å². The monoisotopic (exact) mass is 352 g/mol. The van der Waals surface area contributed by atoms with Crippen LogP contribution in [0.25, 0.3) is 11.0 Å². The number of rotatable bonds is 3. The molecule has 7 nitrogen and oxygen atoms in total. The number of H-pyrrole nitrogens is 1. The maximum atomic E-state index is 12.4. The average Bonchev–Trinajstić information content (AvgIpc) is 3.21. The number of anilines is 1. The van der Waals surface area contributed by atoms with Crippen LogP contribution in [0.15, 0.2) is 35.3 Å². The number of hydrogen-bond donors (Lipinski definition) is 1. The Morgan fingerprint density at radius 1 is 1.19 bits per heavy atom. The Labute approximate surface area is 152 Å². The van der Waals surface area contributed by atoms with Gasteiger partial charge in [0.15, 0.2) is 5.65 Å². The van der Waals surface area contributed by atoms with Crippen molar-refractivity contribution in [3.8, 4) is 0 Å². The molecule has 0 amide bonds. The zero-order chi connectivity index (χ0) is 18.4. The molecule has 1 aliphatic rings. The van der Waals surface area contributed by atoms with Crippen LogP contribution in [0.4, 0.5) is 5.95 Å². The third kappa shape index (κ3) is 2.78. The van der Waals surface area contributed by atoms with Crippen LogP contribution in [0.5, 0.6) is 0 Å². The Morgan fingerprint density at radius 2 is 1.92 bits per heavy atom. The second-order valence-corrected chi connectivity index (χ2v) is 7.35. The topological polar surface area (TPSA) is 70.0 Å². The van der Waals surface area contributed by atoms with E-state index in [0.717, 1.165) is 13.1 Å². The van der Waals surface area contributed by atoms with Crippen LogP contribution in [-0.2, 0) is 7.05 Å². The zero-order valence-electron chi connectivity index (χ0n) is 15.6. The molecule has 2 unspecified atom stereocenters. The van der Waals surface area contributed by atoms with Crippen molar-refractivity contribution in [2.45, 2.75) is 18.9 Å². The third-order valence-corrected chi connectivity index (χ3v) is 5.35. The lowest BCUT2D eigenvalue weighted by Gasteiger charge is -2.25. The first-order valence-corrected chi connectivity index (χ1v) is 8.84. The molecular formula is C19H24N6O. The van der Waals surface area contributed by atoms with E-state index in [1.165, 1.54) is 11.1 Å². The lowest BCUT2D eigenvalue weighted by atomic mass is 9.93. The highest BCUT2D eigenvalue weighted by molar-refractivity contribution is 5.74. The van der Waals surface area contributed by atoms with Crippen LogP contribution in [0.1, 0.15) is 17.0 Å². The van der Waals surface area contributed by atoms with Gasteiger partial charge in [0.05, 0.1) is 6.20 Å². The van der Waals surface area contributed by atoms with Crippen molar-refractivity contribution >= 4 is 17.0 Å². The SMILES string of the molecule is Cc1ccc(C2CN(c3nc4c(cnn4C)c(=O)[nH]3)CC2N(C)C)cc1. The van der Waals surface area contributed by atoms with Crippen molar-refractivity contribution in [3.05, 3.63) is 51.9 Å². The molecule has 0 radical (unpaired) electrons. The van der Waals surface area contributed by atoms with Gasteiger partial charge in [-0.15, -0.1) is 0 Å². The van der Waals surface area contributed by atoms with Crippen molar-refractivity contribution in [1.29, 1.82) is 0 Å². The second-order valence-electron chi connectivity index (χ2n) is 7.35. The van der Waals surface area contributed by atoms with E-state index in [0.29, 0.717) is 28.9 Å². The highest BCUT2D eigenvalue weighted by Crippen LogP contribution is 2.32. The number of fused-ring (bicyclic) bond motifs is 1. The lowest BCUT2D eigenvalue weighted by molar-refractivity contribution is 0.292. The van der Waals surface area contributed by atoms with Crippen molar-refractivity contribution < 1.29 is 0 Å². The normalized spacial score (nSPS) is 20.4. The smallest absolute Gasteiger partial charge is 0.263 e. The minimum absolute atomic E-state index is 0.140. The van der Waals surface area contributed by atoms with Gasteiger partial charge in [-0.1, -0.05) is 29.8 Å². The number of benzene rings is 1. The molecule has 136 valence electrons. The first kappa shape index (κ1) is 16.8. The van der Waals surface area contributed by atoms with Crippen LogP contribution in [0.2, 0.25) is 0 Å². The van der Waals surface area contributed by atoms with Gasteiger partial charge in [-0.3, -0.25) is 14.5 Å². The first-order chi connectivity index (χ1) is 12.4. The summed E-state index contributed by atoms with van der Waals surface area (Å²) in [6.45, 7) is 3.74. The molecule has 2 atom stereocenters. The molecule has 3 heterocycles. The van der Waals surface area contributed by atoms with Crippen LogP contribution in [-0.4, -0.2) is 57.9 Å². The number of aromatic amines is 1. The molecule has 1 aromatic carbocycles. The summed E-state index contributed by atoms with van der Waals surface area (Å²) in [6, 6.07) is 9.09. The van der Waals surface area contributed by atoms with Gasteiger partial charge >= 0.3 is 0 Å². The number of aryl methyl sites for hydroxylation is 2. The molecule has 1 fully saturated rings. The summed E-state index contributed by atoms with van der Waals surface area (Å²) in [5.41, 5.74) is 3.06. The fourth-order valence-electron chi connectivity index (χ4n) is 3.79. The Hall–Kier alpha value is -2.67. The first-order valence-electron chi connectivity index (χ1n) is 8.84. The molecule has 1 aliphatic heterocycles. The van der Waals surface area contributed by atoms with Crippen LogP contribution < -0.4 is 10.5 Å². The van der Waals surface area contributed by atoms with E-state index in [9.17, 15) is 4.79 Å². The molecule has 1 saturated heterocycles. The number of aromatic nitrogens is 4. The standard InChI is InChI=1S/C19H24N6O/c1-12-5-7-13(8-6-12)15-10-25(11-16(15)23(2)3)19-21-17-14(18(26)22-19)9-20-24(17)4/h5-9,15-16H,10-11H2,1-4H3,(H,21,22,26). The molecule has 0 bridgehead atoms. The molecule has 26 heavy (non-hydrogen) atoms. The Balaban J connectivity index is 1.71. The van der Waals surface area contributed by atoms with Crippen molar-refractivity contribution in [3.63, 3.8) is 0 Å². The van der Waals surface area contributed by atoms with Gasteiger partial charge < -0.3 is 9.80 Å². The summed E-state index contributed by atoms with van der Waals surface area (Å²) in [5.74, 6) is 0.977. The van der Waals surface area contributed by atoms with Gasteiger partial charge in [-0.05, 0) is 26.6 Å². The average molecular weight is 352 g/mol. The molecule has 3 aromatic rings. The van der Waals surface area contributed by atoms with Crippen molar-refractivity contribution in [1.82, 2.24) is 24.6 Å². The van der Waals surface area contributed by atoms with Gasteiger partial charge in [0.1, 0.15) is 5.39 Å².